The van der Waals surface area contributed by atoms with Crippen molar-refractivity contribution < 1.29 is 18.3 Å². The maximum absolute atomic E-state index is 13.9. The zero-order valence-electron chi connectivity index (χ0n) is 15.4. The normalized spacial score (nSPS) is 23.7. The van der Waals surface area contributed by atoms with Gasteiger partial charge in [-0.2, -0.15) is 0 Å². The Hall–Kier alpha value is -2.86. The Bertz CT molecular complexity index is 991. The Kier molecular flexibility index (Phi) is 4.28. The number of ether oxygens (including phenoxy) is 1. The minimum atomic E-state index is -0.511. The predicted octanol–water partition coefficient (Wildman–Crippen LogP) is 4.88. The average Bonchev–Trinajstić information content (AvgIpc) is 3.14. The van der Waals surface area contributed by atoms with Crippen molar-refractivity contribution in [2.24, 2.45) is 5.92 Å². The summed E-state index contributed by atoms with van der Waals surface area (Å²) in [4.78, 5) is 14.9. The van der Waals surface area contributed by atoms with Gasteiger partial charge in [-0.25, -0.2) is 9.18 Å². The van der Waals surface area contributed by atoms with Crippen LogP contribution in [0.4, 0.5) is 14.9 Å². The van der Waals surface area contributed by atoms with E-state index in [9.17, 15) is 9.18 Å². The molecule has 2 aromatic carbocycles. The summed E-state index contributed by atoms with van der Waals surface area (Å²) in [6, 6.07) is 13.6. The van der Waals surface area contributed by atoms with Crippen molar-refractivity contribution in [1.29, 1.82) is 0 Å². The van der Waals surface area contributed by atoms with Crippen molar-refractivity contribution in [1.82, 2.24) is 4.90 Å². The highest BCUT2D eigenvalue weighted by Gasteiger charge is 2.36. The average molecular weight is 380 g/mol. The van der Waals surface area contributed by atoms with Crippen LogP contribution >= 0.6 is 0 Å². The highest BCUT2D eigenvalue weighted by atomic mass is 19.1. The minimum Gasteiger partial charge on any atom is -0.456 e. The van der Waals surface area contributed by atoms with Gasteiger partial charge in [0.1, 0.15) is 23.3 Å². The molecule has 2 bridgehead atoms. The summed E-state index contributed by atoms with van der Waals surface area (Å²) >= 11 is 0. The molecule has 0 saturated carbocycles. The van der Waals surface area contributed by atoms with Crippen LogP contribution in [0.15, 0.2) is 52.9 Å². The molecule has 28 heavy (non-hydrogen) atoms. The number of hydrogen-bond acceptors (Lipinski definition) is 4. The van der Waals surface area contributed by atoms with E-state index in [1.807, 2.05) is 30.3 Å². The van der Waals surface area contributed by atoms with E-state index in [1.54, 1.807) is 0 Å². The van der Waals surface area contributed by atoms with Crippen molar-refractivity contribution in [2.75, 3.05) is 25.0 Å². The van der Waals surface area contributed by atoms with Crippen molar-refractivity contribution in [3.05, 3.63) is 54.3 Å². The molecule has 6 heteroatoms. The van der Waals surface area contributed by atoms with Crippen molar-refractivity contribution in [3.63, 3.8) is 0 Å². The molecule has 3 fully saturated rings. The van der Waals surface area contributed by atoms with Gasteiger partial charge in [0.2, 0.25) is 0 Å². The van der Waals surface area contributed by atoms with E-state index in [-0.39, 0.29) is 6.10 Å². The van der Waals surface area contributed by atoms with Crippen LogP contribution in [0, 0.1) is 11.7 Å². The molecule has 0 unspecified atom stereocenters. The van der Waals surface area contributed by atoms with Gasteiger partial charge < -0.3 is 9.15 Å². The van der Waals surface area contributed by atoms with E-state index >= 15 is 0 Å². The summed E-state index contributed by atoms with van der Waals surface area (Å²) < 4.78 is 25.5. The second-order valence-electron chi connectivity index (χ2n) is 7.55. The molecule has 144 valence electrons. The van der Waals surface area contributed by atoms with Crippen LogP contribution in [-0.4, -0.2) is 36.7 Å². The summed E-state index contributed by atoms with van der Waals surface area (Å²) in [5.41, 5.74) is 1.66. The number of benzene rings is 2. The van der Waals surface area contributed by atoms with Gasteiger partial charge in [-0.3, -0.25) is 10.2 Å². The van der Waals surface area contributed by atoms with Crippen LogP contribution in [0.2, 0.25) is 0 Å². The number of carbonyl (C=O) groups is 1. The third kappa shape index (κ3) is 3.24. The first-order chi connectivity index (χ1) is 13.7. The third-order valence-corrected chi connectivity index (χ3v) is 5.76. The number of halogens is 1. The fraction of sp³-hybridized carbons (Fsp3) is 0.318. The molecule has 0 spiro atoms. The number of rotatable bonds is 3. The summed E-state index contributed by atoms with van der Waals surface area (Å²) in [6.45, 7) is 2.96. The van der Waals surface area contributed by atoms with Gasteiger partial charge in [-0.1, -0.05) is 18.2 Å². The van der Waals surface area contributed by atoms with Gasteiger partial charge in [0.05, 0.1) is 5.69 Å². The lowest BCUT2D eigenvalue weighted by molar-refractivity contribution is -0.0289. The second-order valence-corrected chi connectivity index (χ2v) is 7.55. The molecule has 1 atom stereocenters. The zero-order valence-corrected chi connectivity index (χ0v) is 15.4. The third-order valence-electron chi connectivity index (χ3n) is 5.76. The monoisotopic (exact) mass is 380 g/mol. The van der Waals surface area contributed by atoms with Crippen molar-refractivity contribution in [3.8, 4) is 11.3 Å². The standard InChI is InChI=1S/C22H21FN2O3/c23-16-5-6-18(17(12-16)20-11-15-3-1-2-4-19(15)27-20)24-22(26)28-21-13-25-9-7-14(21)8-10-25/h1-6,11-12,14,21H,7-10,13H2,(H,24,26)/t21-/m0/s1. The molecule has 4 heterocycles. The number of fused-ring (bicyclic) bond motifs is 4. The van der Waals surface area contributed by atoms with E-state index in [1.165, 1.54) is 18.2 Å². The summed E-state index contributed by atoms with van der Waals surface area (Å²) in [7, 11) is 0. The van der Waals surface area contributed by atoms with Gasteiger partial charge in [0.15, 0.2) is 0 Å². The molecule has 3 aromatic rings. The first-order valence-electron chi connectivity index (χ1n) is 9.64. The largest absolute Gasteiger partial charge is 0.456 e. The molecule has 1 amide bonds. The Morgan fingerprint density at radius 2 is 1.96 bits per heavy atom. The zero-order chi connectivity index (χ0) is 19.1. The molecule has 0 aliphatic carbocycles. The fourth-order valence-electron chi connectivity index (χ4n) is 4.27. The molecule has 0 radical (unpaired) electrons. The van der Waals surface area contributed by atoms with Gasteiger partial charge in [-0.05, 0) is 62.2 Å². The molecule has 3 aliphatic heterocycles. The number of nitrogens with one attached hydrogen (secondary N) is 1. The van der Waals surface area contributed by atoms with Crippen LogP contribution < -0.4 is 5.32 Å². The maximum Gasteiger partial charge on any atom is 0.411 e. The summed E-state index contributed by atoms with van der Waals surface area (Å²) in [5, 5.41) is 3.70. The molecule has 3 saturated heterocycles. The van der Waals surface area contributed by atoms with Crippen molar-refractivity contribution >= 4 is 22.7 Å². The Morgan fingerprint density at radius 1 is 1.14 bits per heavy atom. The van der Waals surface area contributed by atoms with Crippen LogP contribution in [0.3, 0.4) is 0 Å². The number of nitrogens with zero attached hydrogens (tertiary/aromatic N) is 1. The molecule has 1 N–H and O–H groups in total. The minimum absolute atomic E-state index is 0.0856. The van der Waals surface area contributed by atoms with E-state index in [0.717, 1.165) is 37.9 Å². The van der Waals surface area contributed by atoms with Crippen LogP contribution in [0.1, 0.15) is 12.8 Å². The van der Waals surface area contributed by atoms with Gasteiger partial charge in [-0.15, -0.1) is 0 Å². The Labute approximate surface area is 162 Å². The maximum atomic E-state index is 13.9. The summed E-state index contributed by atoms with van der Waals surface area (Å²) in [6.07, 6.45) is 1.54. The van der Waals surface area contributed by atoms with Gasteiger partial charge in [0, 0.05) is 17.5 Å². The number of anilines is 1. The number of furan rings is 1. The topological polar surface area (TPSA) is 54.7 Å². The lowest BCUT2D eigenvalue weighted by atomic mass is 9.86. The first-order valence-corrected chi connectivity index (χ1v) is 9.64. The van der Waals surface area contributed by atoms with Gasteiger partial charge >= 0.3 is 6.09 Å². The van der Waals surface area contributed by atoms with Gasteiger partial charge in [0.25, 0.3) is 0 Å². The Morgan fingerprint density at radius 3 is 2.71 bits per heavy atom. The molecule has 6 rings (SSSR count). The molecule has 3 aliphatic rings. The fourth-order valence-corrected chi connectivity index (χ4v) is 4.27. The molecule has 5 nitrogen and oxygen atoms in total. The molecular weight excluding hydrogens is 359 g/mol. The number of hydrogen-bond donors (Lipinski definition) is 1. The summed E-state index contributed by atoms with van der Waals surface area (Å²) in [5.74, 6) is 0.532. The lowest BCUT2D eigenvalue weighted by Gasteiger charge is -2.43. The number of piperidine rings is 3. The number of amides is 1. The Balaban J connectivity index is 1.38. The van der Waals surface area contributed by atoms with Crippen LogP contribution in [0.5, 0.6) is 0 Å². The lowest BCUT2D eigenvalue weighted by Crippen LogP contribution is -2.52. The van der Waals surface area contributed by atoms with Crippen molar-refractivity contribution in [2.45, 2.75) is 18.9 Å². The van der Waals surface area contributed by atoms with E-state index in [2.05, 4.69) is 10.2 Å². The predicted molar refractivity (Wildman–Crippen MR) is 105 cm³/mol. The highest BCUT2D eigenvalue weighted by Crippen LogP contribution is 2.34. The number of para-hydroxylation sites is 1. The van der Waals surface area contributed by atoms with E-state index in [0.29, 0.717) is 28.5 Å². The molecular formula is C22H21FN2O3. The van der Waals surface area contributed by atoms with E-state index < -0.39 is 11.9 Å². The van der Waals surface area contributed by atoms with Crippen LogP contribution in [-0.2, 0) is 4.74 Å². The first kappa shape index (κ1) is 17.3. The highest BCUT2D eigenvalue weighted by molar-refractivity contribution is 5.92. The van der Waals surface area contributed by atoms with E-state index in [4.69, 9.17) is 9.15 Å². The smallest absolute Gasteiger partial charge is 0.411 e. The second kappa shape index (κ2) is 6.95. The SMILES string of the molecule is O=C(Nc1ccc(F)cc1-c1cc2ccccc2o1)O[C@H]1CN2CCC1CC2. The molecule has 1 aromatic heterocycles. The van der Waals surface area contributed by atoms with Crippen LogP contribution in [0.25, 0.3) is 22.3 Å². The number of carbonyl (C=O) groups excluding carboxylic acids is 1. The quantitative estimate of drug-likeness (QED) is 0.704.